The maximum absolute atomic E-state index is 11.7. The van der Waals surface area contributed by atoms with Crippen LogP contribution in [0, 0.1) is 5.92 Å². The van der Waals surface area contributed by atoms with E-state index < -0.39 is 0 Å². The molecule has 0 aromatic heterocycles. The Morgan fingerprint density at radius 1 is 1.47 bits per heavy atom. The minimum Gasteiger partial charge on any atom is -0.398 e. The fourth-order valence-corrected chi connectivity index (χ4v) is 2.28. The number of anilines is 1. The second kappa shape index (κ2) is 6.55. The average molecular weight is 252 g/mol. The first kappa shape index (κ1) is 13.9. The monoisotopic (exact) mass is 252 g/mol. The summed E-state index contributed by atoms with van der Waals surface area (Å²) in [7, 11) is 0. The topological polar surface area (TPSA) is 55.1 Å². The Labute approximate surface area is 107 Å². The molecule has 0 aliphatic heterocycles. The fourth-order valence-electron chi connectivity index (χ4n) is 1.32. The molecule has 0 aliphatic rings. The molecule has 1 aromatic carbocycles. The molecule has 0 saturated carbocycles. The molecular weight excluding hydrogens is 232 g/mol. The highest BCUT2D eigenvalue weighted by molar-refractivity contribution is 7.99. The molecule has 0 fully saturated rings. The summed E-state index contributed by atoms with van der Waals surface area (Å²) >= 11 is 1.70. The van der Waals surface area contributed by atoms with Gasteiger partial charge in [0.1, 0.15) is 0 Å². The highest BCUT2D eigenvalue weighted by Crippen LogP contribution is 2.27. The van der Waals surface area contributed by atoms with E-state index in [4.69, 9.17) is 5.73 Å². The van der Waals surface area contributed by atoms with Crippen molar-refractivity contribution in [1.29, 1.82) is 0 Å². The number of nitrogens with two attached hydrogens (primary N) is 1. The lowest BCUT2D eigenvalue weighted by atomic mass is 10.2. The Bertz CT molecular complexity index is 391. The first-order chi connectivity index (χ1) is 8.04. The van der Waals surface area contributed by atoms with Gasteiger partial charge in [0.15, 0.2) is 0 Å². The summed E-state index contributed by atoms with van der Waals surface area (Å²) in [4.78, 5) is 12.7. The fraction of sp³-hybridized carbons (Fsp3) is 0.462. The summed E-state index contributed by atoms with van der Waals surface area (Å²) < 4.78 is 0. The van der Waals surface area contributed by atoms with Gasteiger partial charge in [0.05, 0.1) is 0 Å². The zero-order valence-corrected chi connectivity index (χ0v) is 11.4. The van der Waals surface area contributed by atoms with Gasteiger partial charge in [0, 0.05) is 28.4 Å². The smallest absolute Gasteiger partial charge is 0.251 e. The van der Waals surface area contributed by atoms with Crippen LogP contribution in [0.2, 0.25) is 0 Å². The van der Waals surface area contributed by atoms with Gasteiger partial charge in [-0.15, -0.1) is 11.8 Å². The number of amides is 1. The second-order valence-electron chi connectivity index (χ2n) is 4.32. The lowest BCUT2D eigenvalue weighted by molar-refractivity contribution is 0.0955. The molecule has 0 unspecified atom stereocenters. The van der Waals surface area contributed by atoms with Gasteiger partial charge in [-0.05, 0) is 31.0 Å². The molecule has 0 bridgehead atoms. The largest absolute Gasteiger partial charge is 0.398 e. The number of hydrogen-bond acceptors (Lipinski definition) is 3. The quantitative estimate of drug-likeness (QED) is 0.626. The number of rotatable bonds is 5. The summed E-state index contributed by atoms with van der Waals surface area (Å²) in [6.07, 6.45) is 0. The van der Waals surface area contributed by atoms with Crippen molar-refractivity contribution in [2.24, 2.45) is 5.92 Å². The number of hydrogen-bond donors (Lipinski definition) is 2. The molecule has 0 saturated heterocycles. The van der Waals surface area contributed by atoms with Crippen LogP contribution in [-0.2, 0) is 0 Å². The van der Waals surface area contributed by atoms with Crippen LogP contribution in [-0.4, -0.2) is 18.2 Å². The van der Waals surface area contributed by atoms with Crippen molar-refractivity contribution in [2.45, 2.75) is 25.7 Å². The molecule has 0 heterocycles. The van der Waals surface area contributed by atoms with E-state index in [0.29, 0.717) is 18.0 Å². The van der Waals surface area contributed by atoms with Crippen molar-refractivity contribution >= 4 is 23.4 Å². The van der Waals surface area contributed by atoms with Crippen LogP contribution in [0.15, 0.2) is 23.1 Å². The van der Waals surface area contributed by atoms with E-state index in [1.165, 1.54) is 0 Å². The van der Waals surface area contributed by atoms with E-state index in [9.17, 15) is 4.79 Å². The van der Waals surface area contributed by atoms with Crippen LogP contribution in [0.1, 0.15) is 31.1 Å². The molecule has 3 nitrogen and oxygen atoms in total. The van der Waals surface area contributed by atoms with Crippen molar-refractivity contribution in [3.63, 3.8) is 0 Å². The molecule has 0 spiro atoms. The Balaban J connectivity index is 2.82. The highest BCUT2D eigenvalue weighted by atomic mass is 32.2. The number of nitrogen functional groups attached to an aromatic ring is 1. The summed E-state index contributed by atoms with van der Waals surface area (Å²) in [6.45, 7) is 6.87. The molecule has 4 heteroatoms. The lowest BCUT2D eigenvalue weighted by Gasteiger charge is -2.09. The molecule has 1 amide bonds. The third-order valence-electron chi connectivity index (χ3n) is 2.19. The zero-order valence-electron chi connectivity index (χ0n) is 10.6. The van der Waals surface area contributed by atoms with E-state index in [1.807, 2.05) is 13.0 Å². The number of thioether (sulfide) groups is 1. The summed E-state index contributed by atoms with van der Waals surface area (Å²) in [6, 6.07) is 5.43. The number of carbonyl (C=O) groups is 1. The van der Waals surface area contributed by atoms with Gasteiger partial charge >= 0.3 is 0 Å². The number of benzene rings is 1. The maximum Gasteiger partial charge on any atom is 0.251 e. The van der Waals surface area contributed by atoms with Gasteiger partial charge in [0.2, 0.25) is 0 Å². The lowest BCUT2D eigenvalue weighted by Crippen LogP contribution is -2.22. The molecule has 0 radical (unpaired) electrons. The van der Waals surface area contributed by atoms with Gasteiger partial charge in [0.25, 0.3) is 5.91 Å². The van der Waals surface area contributed by atoms with Crippen LogP contribution in [0.3, 0.4) is 0 Å². The van der Waals surface area contributed by atoms with Gasteiger partial charge in [-0.3, -0.25) is 4.79 Å². The van der Waals surface area contributed by atoms with E-state index in [0.717, 1.165) is 16.3 Å². The molecule has 0 aliphatic carbocycles. The predicted molar refractivity (Wildman–Crippen MR) is 74.4 cm³/mol. The normalized spacial score (nSPS) is 10.6. The third-order valence-corrected chi connectivity index (χ3v) is 3.68. The highest BCUT2D eigenvalue weighted by Gasteiger charge is 2.08. The summed E-state index contributed by atoms with van der Waals surface area (Å²) in [5, 5.41) is 2.78. The van der Waals surface area contributed by atoms with Gasteiger partial charge in [-0.1, -0.05) is 13.8 Å². The second-order valence-corrected chi connectivity index (χ2v) is 5.38. The Hall–Kier alpha value is -1.16. The van der Waals surface area contributed by atoms with Crippen molar-refractivity contribution in [3.8, 4) is 0 Å². The summed E-state index contributed by atoms with van der Waals surface area (Å²) in [5.74, 6) is 1.56. The van der Waals surface area contributed by atoms with Crippen molar-refractivity contribution < 1.29 is 4.79 Å². The SMILES string of the molecule is CCNC(=O)c1ccc(N)c(SCC(C)C)c1. The molecule has 3 N–H and O–H groups in total. The number of nitrogens with one attached hydrogen (secondary N) is 1. The molecule has 1 rings (SSSR count). The van der Waals surface area contributed by atoms with Crippen LogP contribution < -0.4 is 11.1 Å². The van der Waals surface area contributed by atoms with Crippen LogP contribution in [0.4, 0.5) is 5.69 Å². The minimum atomic E-state index is -0.0427. The van der Waals surface area contributed by atoms with Crippen LogP contribution in [0.25, 0.3) is 0 Å². The molecular formula is C13H20N2OS. The Morgan fingerprint density at radius 3 is 2.76 bits per heavy atom. The van der Waals surface area contributed by atoms with E-state index >= 15 is 0 Å². The Kier molecular flexibility index (Phi) is 5.35. The maximum atomic E-state index is 11.7. The van der Waals surface area contributed by atoms with Gasteiger partial charge < -0.3 is 11.1 Å². The summed E-state index contributed by atoms with van der Waals surface area (Å²) in [5.41, 5.74) is 7.31. The standard InChI is InChI=1S/C13H20N2OS/c1-4-15-13(16)10-5-6-11(14)12(7-10)17-8-9(2)3/h5-7,9H,4,8,14H2,1-3H3,(H,15,16). The van der Waals surface area contributed by atoms with Gasteiger partial charge in [-0.2, -0.15) is 0 Å². The van der Waals surface area contributed by atoms with Crippen molar-refractivity contribution in [2.75, 3.05) is 18.0 Å². The third kappa shape index (κ3) is 4.30. The number of carbonyl (C=O) groups excluding carboxylic acids is 1. The van der Waals surface area contributed by atoms with E-state index in [-0.39, 0.29) is 5.91 Å². The predicted octanol–water partition coefficient (Wildman–Crippen LogP) is 2.77. The van der Waals surface area contributed by atoms with Crippen LogP contribution >= 0.6 is 11.8 Å². The molecule has 17 heavy (non-hydrogen) atoms. The molecule has 1 aromatic rings. The molecule has 94 valence electrons. The van der Waals surface area contributed by atoms with Gasteiger partial charge in [-0.25, -0.2) is 0 Å². The zero-order chi connectivity index (χ0) is 12.8. The van der Waals surface area contributed by atoms with Crippen LogP contribution in [0.5, 0.6) is 0 Å². The van der Waals surface area contributed by atoms with E-state index in [2.05, 4.69) is 19.2 Å². The van der Waals surface area contributed by atoms with E-state index in [1.54, 1.807) is 23.9 Å². The molecule has 0 atom stereocenters. The van der Waals surface area contributed by atoms with Crippen molar-refractivity contribution in [1.82, 2.24) is 5.32 Å². The first-order valence-corrected chi connectivity index (χ1v) is 6.83. The first-order valence-electron chi connectivity index (χ1n) is 5.85. The Morgan fingerprint density at radius 2 is 2.18 bits per heavy atom. The van der Waals surface area contributed by atoms with Crippen molar-refractivity contribution in [3.05, 3.63) is 23.8 Å². The average Bonchev–Trinajstić information content (AvgIpc) is 2.28. The minimum absolute atomic E-state index is 0.0427.